The molecule has 0 radical (unpaired) electrons. The lowest BCUT2D eigenvalue weighted by Crippen LogP contribution is -2.15. The van der Waals surface area contributed by atoms with Gasteiger partial charge < -0.3 is 10.6 Å². The number of nitrogens with one attached hydrogen (secondary N) is 2. The molecule has 5 nitrogen and oxygen atoms in total. The molecule has 3 rings (SSSR count). The highest BCUT2D eigenvalue weighted by molar-refractivity contribution is 6.03. The van der Waals surface area contributed by atoms with Crippen LogP contribution in [0.2, 0.25) is 0 Å². The van der Waals surface area contributed by atoms with Gasteiger partial charge in [-0.2, -0.15) is 0 Å². The van der Waals surface area contributed by atoms with Crippen LogP contribution in [0.15, 0.2) is 48.5 Å². The van der Waals surface area contributed by atoms with Crippen molar-refractivity contribution in [3.05, 3.63) is 77.1 Å². The van der Waals surface area contributed by atoms with Crippen molar-refractivity contribution in [1.29, 1.82) is 0 Å². The lowest BCUT2D eigenvalue weighted by Gasteiger charge is -2.09. The molecule has 0 spiro atoms. The van der Waals surface area contributed by atoms with Crippen LogP contribution < -0.4 is 10.6 Å². The summed E-state index contributed by atoms with van der Waals surface area (Å²) in [6.45, 7) is 3.81. The van der Waals surface area contributed by atoms with Crippen molar-refractivity contribution in [3.8, 4) is 0 Å². The molecule has 3 aromatic rings. The number of carbonyl (C=O) groups excluding carboxylic acids is 1. The maximum atomic E-state index is 13.3. The van der Waals surface area contributed by atoms with Crippen molar-refractivity contribution in [3.63, 3.8) is 0 Å². The van der Waals surface area contributed by atoms with Gasteiger partial charge in [-0.3, -0.25) is 4.79 Å². The standard InChI is InChI=1S/C20H18F2N4O/c1-3-13-4-6-14(7-5-13)25-20-23-12(2)10-18(26-20)19(27)24-15-8-9-16(21)17(22)11-15/h4-11H,3H2,1-2H3,(H,24,27)(H,23,25,26). The monoisotopic (exact) mass is 368 g/mol. The minimum absolute atomic E-state index is 0.111. The molecule has 138 valence electrons. The van der Waals surface area contributed by atoms with E-state index in [2.05, 4.69) is 27.5 Å². The Hall–Kier alpha value is -3.35. The molecule has 0 saturated heterocycles. The summed E-state index contributed by atoms with van der Waals surface area (Å²) in [6.07, 6.45) is 0.940. The van der Waals surface area contributed by atoms with Gasteiger partial charge in [-0.1, -0.05) is 19.1 Å². The van der Waals surface area contributed by atoms with Crippen molar-refractivity contribution < 1.29 is 13.6 Å². The molecule has 0 aliphatic heterocycles. The fourth-order valence-corrected chi connectivity index (χ4v) is 2.46. The third kappa shape index (κ3) is 4.63. The van der Waals surface area contributed by atoms with Crippen LogP contribution in [0.1, 0.15) is 28.7 Å². The largest absolute Gasteiger partial charge is 0.324 e. The molecule has 7 heteroatoms. The zero-order valence-corrected chi connectivity index (χ0v) is 14.9. The first-order valence-electron chi connectivity index (χ1n) is 8.42. The Balaban J connectivity index is 1.79. The van der Waals surface area contributed by atoms with E-state index in [-0.39, 0.29) is 17.3 Å². The number of halogens is 2. The predicted molar refractivity (Wildman–Crippen MR) is 100 cm³/mol. The van der Waals surface area contributed by atoms with E-state index in [4.69, 9.17) is 0 Å². The first-order chi connectivity index (χ1) is 12.9. The summed E-state index contributed by atoms with van der Waals surface area (Å²) in [6, 6.07) is 12.5. The molecular weight excluding hydrogens is 350 g/mol. The Labute approximate surface area is 155 Å². The first-order valence-corrected chi connectivity index (χ1v) is 8.42. The molecule has 0 atom stereocenters. The number of hydrogen-bond acceptors (Lipinski definition) is 4. The number of aryl methyl sites for hydroxylation is 2. The molecule has 1 aromatic heterocycles. The Morgan fingerprint density at radius 3 is 2.33 bits per heavy atom. The van der Waals surface area contributed by atoms with Crippen molar-refractivity contribution in [2.75, 3.05) is 10.6 Å². The lowest BCUT2D eigenvalue weighted by molar-refractivity contribution is 0.102. The molecule has 0 aliphatic carbocycles. The molecule has 0 bridgehead atoms. The van der Waals surface area contributed by atoms with Gasteiger partial charge in [0.15, 0.2) is 11.6 Å². The molecule has 0 fully saturated rings. The van der Waals surface area contributed by atoms with Crippen LogP contribution in [0.25, 0.3) is 0 Å². The summed E-state index contributed by atoms with van der Waals surface area (Å²) >= 11 is 0. The summed E-state index contributed by atoms with van der Waals surface area (Å²) in [7, 11) is 0. The van der Waals surface area contributed by atoms with Gasteiger partial charge in [-0.15, -0.1) is 0 Å². The highest BCUT2D eigenvalue weighted by Crippen LogP contribution is 2.17. The van der Waals surface area contributed by atoms with Crippen molar-refractivity contribution in [2.45, 2.75) is 20.3 Å². The minimum Gasteiger partial charge on any atom is -0.324 e. The molecule has 0 saturated carbocycles. The zero-order chi connectivity index (χ0) is 19.4. The zero-order valence-electron chi connectivity index (χ0n) is 14.9. The summed E-state index contributed by atoms with van der Waals surface area (Å²) < 4.78 is 26.3. The lowest BCUT2D eigenvalue weighted by atomic mass is 10.1. The molecule has 2 N–H and O–H groups in total. The molecule has 1 heterocycles. The highest BCUT2D eigenvalue weighted by Gasteiger charge is 2.12. The Bertz CT molecular complexity index is 974. The van der Waals surface area contributed by atoms with E-state index >= 15 is 0 Å². The summed E-state index contributed by atoms with van der Waals surface area (Å²) in [4.78, 5) is 20.9. The second-order valence-corrected chi connectivity index (χ2v) is 5.98. The molecule has 0 unspecified atom stereocenters. The fourth-order valence-electron chi connectivity index (χ4n) is 2.46. The number of anilines is 3. The first kappa shape index (κ1) is 18.4. The highest BCUT2D eigenvalue weighted by atomic mass is 19.2. The normalized spacial score (nSPS) is 10.5. The SMILES string of the molecule is CCc1ccc(Nc2nc(C)cc(C(=O)Nc3ccc(F)c(F)c3)n2)cc1. The predicted octanol–water partition coefficient (Wildman–Crippen LogP) is 4.62. The van der Waals surface area contributed by atoms with Crippen LogP contribution in [0.3, 0.4) is 0 Å². The van der Waals surface area contributed by atoms with Crippen molar-refractivity contribution in [1.82, 2.24) is 9.97 Å². The second-order valence-electron chi connectivity index (χ2n) is 5.98. The van der Waals surface area contributed by atoms with Gasteiger partial charge in [0.2, 0.25) is 5.95 Å². The van der Waals surface area contributed by atoms with Gasteiger partial charge in [-0.25, -0.2) is 18.7 Å². The van der Waals surface area contributed by atoms with Gasteiger partial charge >= 0.3 is 0 Å². The third-order valence-electron chi connectivity index (χ3n) is 3.88. The van der Waals surface area contributed by atoms with Crippen molar-refractivity contribution >= 4 is 23.2 Å². The molecule has 1 amide bonds. The Kier molecular flexibility index (Phi) is 5.40. The number of hydrogen-bond donors (Lipinski definition) is 2. The second kappa shape index (κ2) is 7.90. The number of rotatable bonds is 5. The Morgan fingerprint density at radius 1 is 0.963 bits per heavy atom. The van der Waals surface area contributed by atoms with E-state index in [1.807, 2.05) is 24.3 Å². The number of benzene rings is 2. The van der Waals surface area contributed by atoms with E-state index < -0.39 is 17.5 Å². The average molecular weight is 368 g/mol. The number of aromatic nitrogens is 2. The summed E-state index contributed by atoms with van der Waals surface area (Å²) in [5, 5.41) is 5.56. The minimum atomic E-state index is -1.04. The number of nitrogens with zero attached hydrogens (tertiary/aromatic N) is 2. The van der Waals surface area contributed by atoms with Gasteiger partial charge in [0.1, 0.15) is 5.69 Å². The molecular formula is C20H18F2N4O. The Morgan fingerprint density at radius 2 is 1.67 bits per heavy atom. The van der Waals surface area contributed by atoms with Crippen molar-refractivity contribution in [2.24, 2.45) is 0 Å². The number of amides is 1. The van der Waals surface area contributed by atoms with Gasteiger partial charge in [-0.05, 0) is 49.2 Å². The van der Waals surface area contributed by atoms with Crippen LogP contribution in [0.4, 0.5) is 26.1 Å². The third-order valence-corrected chi connectivity index (χ3v) is 3.88. The van der Waals surface area contributed by atoms with Crippen LogP contribution in [0.5, 0.6) is 0 Å². The molecule has 0 aliphatic rings. The van der Waals surface area contributed by atoms with Crippen LogP contribution in [-0.2, 0) is 6.42 Å². The van der Waals surface area contributed by atoms with E-state index in [9.17, 15) is 13.6 Å². The summed E-state index contributed by atoms with van der Waals surface area (Å²) in [5.74, 6) is -2.29. The van der Waals surface area contributed by atoms with Crippen LogP contribution >= 0.6 is 0 Å². The molecule has 27 heavy (non-hydrogen) atoms. The number of carbonyl (C=O) groups is 1. The maximum Gasteiger partial charge on any atom is 0.274 e. The van der Waals surface area contributed by atoms with E-state index in [0.717, 1.165) is 24.2 Å². The van der Waals surface area contributed by atoms with E-state index in [1.54, 1.807) is 6.92 Å². The summed E-state index contributed by atoms with van der Waals surface area (Å²) in [5.41, 5.74) is 2.84. The van der Waals surface area contributed by atoms with Gasteiger partial charge in [0.05, 0.1) is 0 Å². The molecule has 2 aromatic carbocycles. The van der Waals surface area contributed by atoms with E-state index in [0.29, 0.717) is 5.69 Å². The average Bonchev–Trinajstić information content (AvgIpc) is 2.65. The fraction of sp³-hybridized carbons (Fsp3) is 0.150. The quantitative estimate of drug-likeness (QED) is 0.689. The van der Waals surface area contributed by atoms with Gasteiger partial charge in [0.25, 0.3) is 5.91 Å². The van der Waals surface area contributed by atoms with E-state index in [1.165, 1.54) is 17.7 Å². The topological polar surface area (TPSA) is 66.9 Å². The van der Waals surface area contributed by atoms with Crippen LogP contribution in [-0.4, -0.2) is 15.9 Å². The smallest absolute Gasteiger partial charge is 0.274 e. The van der Waals surface area contributed by atoms with Crippen LogP contribution in [0, 0.1) is 18.6 Å². The maximum absolute atomic E-state index is 13.3. The van der Waals surface area contributed by atoms with Gasteiger partial charge in [0, 0.05) is 23.1 Å².